The number of unbranched alkanes of at least 4 members (excludes halogenated alkanes) is 1. The topological polar surface area (TPSA) is 117 Å². The molecule has 3 aromatic heterocycles. The van der Waals surface area contributed by atoms with Crippen molar-refractivity contribution in [2.75, 3.05) is 7.11 Å². The van der Waals surface area contributed by atoms with E-state index in [1.165, 1.54) is 13.2 Å². The van der Waals surface area contributed by atoms with Crippen LogP contribution < -0.4 is 5.43 Å². The van der Waals surface area contributed by atoms with Crippen molar-refractivity contribution in [2.24, 2.45) is 0 Å². The van der Waals surface area contributed by atoms with Gasteiger partial charge in [-0.3, -0.25) is 4.79 Å². The number of halogens is 1. The van der Waals surface area contributed by atoms with Gasteiger partial charge in [-0.25, -0.2) is 9.97 Å². The molecular formula is C23H23ClN4O4. The number of H-pyrrole nitrogens is 2. The van der Waals surface area contributed by atoms with E-state index in [2.05, 4.69) is 21.9 Å². The van der Waals surface area contributed by atoms with Crippen LogP contribution in [0.4, 0.5) is 0 Å². The number of rotatable bonds is 8. The van der Waals surface area contributed by atoms with Gasteiger partial charge in [-0.05, 0) is 6.42 Å². The van der Waals surface area contributed by atoms with E-state index in [-0.39, 0.29) is 18.1 Å². The minimum atomic E-state index is -0.576. The molecule has 4 rings (SSSR count). The van der Waals surface area contributed by atoms with Gasteiger partial charge < -0.3 is 24.2 Å². The predicted molar refractivity (Wildman–Crippen MR) is 122 cm³/mol. The Kier molecular flexibility index (Phi) is 6.43. The molecule has 0 saturated carbocycles. The Labute approximate surface area is 189 Å². The molecule has 3 heterocycles. The van der Waals surface area contributed by atoms with Crippen molar-refractivity contribution in [3.05, 3.63) is 63.4 Å². The highest BCUT2D eigenvalue weighted by Crippen LogP contribution is 2.37. The fraction of sp³-hybridized carbons (Fsp3) is 0.261. The number of nitrogens with one attached hydrogen (secondary N) is 2. The first kappa shape index (κ1) is 21.9. The zero-order chi connectivity index (χ0) is 22.7. The average Bonchev–Trinajstić information content (AvgIpc) is 3.39. The van der Waals surface area contributed by atoms with Crippen LogP contribution in [0.15, 0.2) is 45.6 Å². The van der Waals surface area contributed by atoms with Crippen LogP contribution >= 0.6 is 11.6 Å². The third-order valence-corrected chi connectivity index (χ3v) is 5.21. The van der Waals surface area contributed by atoms with Crippen molar-refractivity contribution in [1.82, 2.24) is 19.9 Å². The van der Waals surface area contributed by atoms with Crippen LogP contribution in [0.25, 0.3) is 34.2 Å². The molecule has 0 aliphatic carbocycles. The molecule has 0 bridgehead atoms. The number of aromatic amines is 2. The summed E-state index contributed by atoms with van der Waals surface area (Å²) >= 11 is 6.42. The summed E-state index contributed by atoms with van der Waals surface area (Å²) in [7, 11) is 1.49. The van der Waals surface area contributed by atoms with Gasteiger partial charge in [0.2, 0.25) is 11.2 Å². The molecular weight excluding hydrogens is 432 g/mol. The summed E-state index contributed by atoms with van der Waals surface area (Å²) in [6, 6.07) is 10.6. The summed E-state index contributed by atoms with van der Waals surface area (Å²) in [6.45, 7) is 2.19. The highest BCUT2D eigenvalue weighted by Gasteiger charge is 2.24. The second kappa shape index (κ2) is 9.42. The van der Waals surface area contributed by atoms with E-state index in [9.17, 15) is 9.90 Å². The summed E-state index contributed by atoms with van der Waals surface area (Å²) in [6.07, 6.45) is 2.78. The number of aromatic nitrogens is 4. The van der Waals surface area contributed by atoms with E-state index >= 15 is 0 Å². The number of benzene rings is 1. The average molecular weight is 455 g/mol. The van der Waals surface area contributed by atoms with Crippen LogP contribution in [0.5, 0.6) is 5.75 Å². The summed E-state index contributed by atoms with van der Waals surface area (Å²) in [5.74, 6) is 0.888. The first-order valence-corrected chi connectivity index (χ1v) is 10.6. The zero-order valence-electron chi connectivity index (χ0n) is 17.7. The van der Waals surface area contributed by atoms with Gasteiger partial charge in [-0.15, -0.1) is 0 Å². The van der Waals surface area contributed by atoms with Crippen molar-refractivity contribution < 1.29 is 14.3 Å². The molecule has 0 aliphatic rings. The second-order valence-electron chi connectivity index (χ2n) is 7.31. The maximum absolute atomic E-state index is 12.4. The molecule has 0 spiro atoms. The first-order valence-electron chi connectivity index (χ1n) is 10.3. The summed E-state index contributed by atoms with van der Waals surface area (Å²) in [5.41, 5.74) is 1.47. The highest BCUT2D eigenvalue weighted by atomic mass is 35.5. The van der Waals surface area contributed by atoms with Gasteiger partial charge in [0, 0.05) is 25.2 Å². The molecule has 0 radical (unpaired) electrons. The number of methoxy groups -OCH3 is 1. The van der Waals surface area contributed by atoms with Crippen LogP contribution in [-0.2, 0) is 17.8 Å². The van der Waals surface area contributed by atoms with Crippen molar-refractivity contribution in [3.63, 3.8) is 0 Å². The minimum absolute atomic E-state index is 0.0278. The van der Waals surface area contributed by atoms with E-state index in [1.54, 1.807) is 0 Å². The van der Waals surface area contributed by atoms with Gasteiger partial charge in [0.1, 0.15) is 40.4 Å². The minimum Gasteiger partial charge on any atom is -0.501 e. The Morgan fingerprint density at radius 1 is 1.16 bits per heavy atom. The number of nitrogens with zero attached hydrogens (tertiary/aromatic N) is 2. The Morgan fingerprint density at radius 2 is 1.94 bits per heavy atom. The number of ether oxygens (including phenoxy) is 1. The smallest absolute Gasteiger partial charge is 0.227 e. The molecule has 32 heavy (non-hydrogen) atoms. The fourth-order valence-corrected chi connectivity index (χ4v) is 3.63. The zero-order valence-corrected chi connectivity index (χ0v) is 18.5. The van der Waals surface area contributed by atoms with E-state index < -0.39 is 11.2 Å². The molecule has 166 valence electrons. The van der Waals surface area contributed by atoms with Crippen LogP contribution in [0, 0.1) is 0 Å². The Bertz CT molecular complexity index is 1280. The summed E-state index contributed by atoms with van der Waals surface area (Å²) < 4.78 is 10.9. The predicted octanol–water partition coefficient (Wildman–Crippen LogP) is 4.94. The summed E-state index contributed by atoms with van der Waals surface area (Å²) in [4.78, 5) is 27.9. The summed E-state index contributed by atoms with van der Waals surface area (Å²) in [5, 5.41) is 10.9. The lowest BCUT2D eigenvalue weighted by atomic mass is 10.1. The molecule has 1 aromatic carbocycles. The van der Waals surface area contributed by atoms with Crippen molar-refractivity contribution in [1.29, 1.82) is 0 Å². The second-order valence-corrected chi connectivity index (χ2v) is 7.69. The normalized spacial score (nSPS) is 11.2. The molecule has 0 saturated heterocycles. The quantitative estimate of drug-likeness (QED) is 0.347. The molecule has 0 fully saturated rings. The van der Waals surface area contributed by atoms with Crippen molar-refractivity contribution in [3.8, 4) is 40.0 Å². The SMILES string of the molecule is CCCCc1nc(-c2nc(-c3ccccc3)c(-c3oc(COC)cc(=O)c3O)[nH]2)c(Cl)[nH]1. The van der Waals surface area contributed by atoms with Gasteiger partial charge in [-0.1, -0.05) is 55.3 Å². The maximum atomic E-state index is 12.4. The maximum Gasteiger partial charge on any atom is 0.227 e. The number of aryl methyl sites for hydroxylation is 1. The Balaban J connectivity index is 1.90. The van der Waals surface area contributed by atoms with Gasteiger partial charge in [0.15, 0.2) is 11.6 Å². The molecule has 9 heteroatoms. The van der Waals surface area contributed by atoms with Crippen LogP contribution in [0.2, 0.25) is 5.15 Å². The Hall–Kier alpha value is -3.36. The van der Waals surface area contributed by atoms with Gasteiger partial charge >= 0.3 is 0 Å². The molecule has 0 unspecified atom stereocenters. The lowest BCUT2D eigenvalue weighted by Crippen LogP contribution is -2.04. The van der Waals surface area contributed by atoms with E-state index in [4.69, 9.17) is 25.7 Å². The molecule has 0 aliphatic heterocycles. The number of aromatic hydroxyl groups is 1. The van der Waals surface area contributed by atoms with Crippen LogP contribution in [-0.4, -0.2) is 32.2 Å². The fourth-order valence-electron chi connectivity index (χ4n) is 3.39. The lowest BCUT2D eigenvalue weighted by molar-refractivity contribution is 0.162. The molecule has 0 amide bonds. The number of hydrogen-bond donors (Lipinski definition) is 3. The van der Waals surface area contributed by atoms with Crippen LogP contribution in [0.3, 0.4) is 0 Å². The lowest BCUT2D eigenvalue weighted by Gasteiger charge is -2.07. The van der Waals surface area contributed by atoms with Gasteiger partial charge in [-0.2, -0.15) is 0 Å². The third-order valence-electron chi connectivity index (χ3n) is 4.94. The Morgan fingerprint density at radius 3 is 2.66 bits per heavy atom. The van der Waals surface area contributed by atoms with Crippen molar-refractivity contribution >= 4 is 11.6 Å². The number of hydrogen-bond acceptors (Lipinski definition) is 6. The molecule has 8 nitrogen and oxygen atoms in total. The van der Waals surface area contributed by atoms with E-state index in [0.717, 1.165) is 30.7 Å². The van der Waals surface area contributed by atoms with Crippen LogP contribution in [0.1, 0.15) is 31.4 Å². The van der Waals surface area contributed by atoms with Gasteiger partial charge in [0.25, 0.3) is 0 Å². The highest BCUT2D eigenvalue weighted by molar-refractivity contribution is 6.31. The molecule has 4 aromatic rings. The van der Waals surface area contributed by atoms with E-state index in [1.807, 2.05) is 30.3 Å². The molecule has 3 N–H and O–H groups in total. The third kappa shape index (κ3) is 4.32. The largest absolute Gasteiger partial charge is 0.501 e. The van der Waals surface area contributed by atoms with Gasteiger partial charge in [0.05, 0.1) is 0 Å². The molecule has 0 atom stereocenters. The van der Waals surface area contributed by atoms with Crippen molar-refractivity contribution in [2.45, 2.75) is 32.8 Å². The standard InChI is InChI=1S/C23H23ClN4O4/c1-3-4-10-16-25-19(22(24)26-16)23-27-17(13-8-6-5-7-9-13)18(28-23)21-20(30)15(29)11-14(32-21)12-31-2/h5-9,11,30H,3-4,10,12H2,1-2H3,(H,25,26)(H,27,28). The van der Waals surface area contributed by atoms with E-state index in [0.29, 0.717) is 28.1 Å². The number of imidazole rings is 2. The monoisotopic (exact) mass is 454 g/mol. The first-order chi connectivity index (χ1) is 15.5.